The molecular formula is C12H19N3O3S2. The van der Waals surface area contributed by atoms with Crippen LogP contribution in [-0.2, 0) is 21.2 Å². The first kappa shape index (κ1) is 17.0. The number of nitrogens with two attached hydrogens (primary N) is 2. The van der Waals surface area contributed by atoms with E-state index in [0.717, 1.165) is 11.3 Å². The van der Waals surface area contributed by atoms with Gasteiger partial charge in [-0.05, 0) is 24.1 Å². The van der Waals surface area contributed by atoms with Gasteiger partial charge in [-0.15, -0.1) is 0 Å². The van der Waals surface area contributed by atoms with Crippen LogP contribution in [0, 0.1) is 0 Å². The maximum Gasteiger partial charge on any atom is 0.238 e. The number of benzene rings is 1. The van der Waals surface area contributed by atoms with E-state index in [4.69, 9.17) is 10.9 Å². The molecule has 0 bridgehead atoms. The molecule has 0 spiro atoms. The second-order valence-corrected chi connectivity index (χ2v) is 6.80. The molecule has 1 rings (SSSR count). The number of nitrogens with one attached hydrogen (secondary N) is 1. The van der Waals surface area contributed by atoms with Crippen LogP contribution in [0.2, 0.25) is 0 Å². The van der Waals surface area contributed by atoms with Gasteiger partial charge in [-0.25, -0.2) is 13.6 Å². The van der Waals surface area contributed by atoms with E-state index < -0.39 is 10.0 Å². The Balaban J connectivity index is 2.34. The highest BCUT2D eigenvalue weighted by atomic mass is 32.2. The van der Waals surface area contributed by atoms with Gasteiger partial charge in [0, 0.05) is 18.8 Å². The van der Waals surface area contributed by atoms with Crippen LogP contribution >= 0.6 is 11.8 Å². The summed E-state index contributed by atoms with van der Waals surface area (Å²) >= 11 is 1.49. The lowest BCUT2D eigenvalue weighted by molar-refractivity contribution is -0.118. The van der Waals surface area contributed by atoms with Gasteiger partial charge in [0.2, 0.25) is 15.9 Å². The summed E-state index contributed by atoms with van der Waals surface area (Å²) in [5.41, 5.74) is 6.27. The number of sulfonamides is 1. The standard InChI is InChI=1S/C12H19N3O3S2/c13-6-8-19-9-12(16)15-7-5-10-1-3-11(4-2-10)20(14,17)18/h1-4H,5-9,13H2,(H,15,16)(H2,14,17,18). The van der Waals surface area contributed by atoms with Crippen LogP contribution in [0.5, 0.6) is 0 Å². The minimum atomic E-state index is -3.65. The molecular weight excluding hydrogens is 298 g/mol. The van der Waals surface area contributed by atoms with Crippen molar-refractivity contribution in [3.63, 3.8) is 0 Å². The number of hydrogen-bond donors (Lipinski definition) is 3. The Labute approximate surface area is 123 Å². The number of carbonyl (C=O) groups excluding carboxylic acids is 1. The van der Waals surface area contributed by atoms with Gasteiger partial charge in [0.25, 0.3) is 0 Å². The average molecular weight is 317 g/mol. The van der Waals surface area contributed by atoms with E-state index in [-0.39, 0.29) is 10.8 Å². The molecule has 0 unspecified atom stereocenters. The van der Waals surface area contributed by atoms with E-state index in [2.05, 4.69) is 5.32 Å². The molecule has 0 atom stereocenters. The Kier molecular flexibility index (Phi) is 7.00. The molecule has 1 amide bonds. The highest BCUT2D eigenvalue weighted by Crippen LogP contribution is 2.08. The maximum absolute atomic E-state index is 11.4. The van der Waals surface area contributed by atoms with Crippen molar-refractivity contribution < 1.29 is 13.2 Å². The Morgan fingerprint density at radius 1 is 1.25 bits per heavy atom. The van der Waals surface area contributed by atoms with Gasteiger partial charge in [-0.2, -0.15) is 11.8 Å². The predicted octanol–water partition coefficient (Wildman–Crippen LogP) is -0.315. The zero-order valence-corrected chi connectivity index (χ0v) is 12.7. The molecule has 8 heteroatoms. The monoisotopic (exact) mass is 317 g/mol. The van der Waals surface area contributed by atoms with Gasteiger partial charge >= 0.3 is 0 Å². The first-order valence-electron chi connectivity index (χ1n) is 6.09. The van der Waals surface area contributed by atoms with E-state index in [1.165, 1.54) is 23.9 Å². The third-order valence-corrected chi connectivity index (χ3v) is 4.40. The molecule has 20 heavy (non-hydrogen) atoms. The molecule has 0 heterocycles. The number of hydrogen-bond acceptors (Lipinski definition) is 5. The van der Waals surface area contributed by atoms with Crippen molar-refractivity contribution in [3.05, 3.63) is 29.8 Å². The zero-order chi connectivity index (χ0) is 15.0. The topological polar surface area (TPSA) is 115 Å². The molecule has 0 aliphatic rings. The zero-order valence-electron chi connectivity index (χ0n) is 11.0. The number of thioether (sulfide) groups is 1. The van der Waals surface area contributed by atoms with E-state index in [0.29, 0.717) is 25.3 Å². The van der Waals surface area contributed by atoms with Crippen LogP contribution < -0.4 is 16.2 Å². The normalized spacial score (nSPS) is 11.3. The average Bonchev–Trinajstić information content (AvgIpc) is 2.38. The number of primary sulfonamides is 1. The van der Waals surface area contributed by atoms with Crippen molar-refractivity contribution >= 4 is 27.7 Å². The van der Waals surface area contributed by atoms with Crippen molar-refractivity contribution in [2.75, 3.05) is 24.6 Å². The van der Waals surface area contributed by atoms with Crippen LogP contribution in [0.25, 0.3) is 0 Å². The fourth-order valence-electron chi connectivity index (χ4n) is 1.49. The van der Waals surface area contributed by atoms with Gasteiger partial charge < -0.3 is 11.1 Å². The van der Waals surface area contributed by atoms with Gasteiger partial charge in [0.15, 0.2) is 0 Å². The lowest BCUT2D eigenvalue weighted by Crippen LogP contribution is -2.27. The minimum absolute atomic E-state index is 0.0235. The predicted molar refractivity (Wildman–Crippen MR) is 80.9 cm³/mol. The van der Waals surface area contributed by atoms with Gasteiger partial charge in [-0.3, -0.25) is 4.79 Å². The summed E-state index contributed by atoms with van der Waals surface area (Å²) in [5.74, 6) is 1.15. The number of rotatable bonds is 8. The third kappa shape index (κ3) is 6.38. The van der Waals surface area contributed by atoms with Crippen molar-refractivity contribution in [3.8, 4) is 0 Å². The summed E-state index contributed by atoms with van der Waals surface area (Å²) in [4.78, 5) is 11.5. The molecule has 1 aromatic carbocycles. The summed E-state index contributed by atoms with van der Waals surface area (Å²) < 4.78 is 22.2. The Hall–Kier alpha value is -1.09. The lowest BCUT2D eigenvalue weighted by Gasteiger charge is -2.06. The first-order chi connectivity index (χ1) is 9.43. The number of amides is 1. The van der Waals surface area contributed by atoms with Gasteiger partial charge in [0.1, 0.15) is 0 Å². The summed E-state index contributed by atoms with van der Waals surface area (Å²) in [6.07, 6.45) is 0.637. The quantitative estimate of drug-likeness (QED) is 0.569. The fourth-order valence-corrected chi connectivity index (χ4v) is 2.61. The second-order valence-electron chi connectivity index (χ2n) is 4.13. The van der Waals surface area contributed by atoms with Crippen molar-refractivity contribution in [2.24, 2.45) is 10.9 Å². The Morgan fingerprint density at radius 2 is 1.90 bits per heavy atom. The van der Waals surface area contributed by atoms with E-state index in [1.54, 1.807) is 12.1 Å². The highest BCUT2D eigenvalue weighted by molar-refractivity contribution is 7.99. The Morgan fingerprint density at radius 3 is 2.45 bits per heavy atom. The molecule has 0 saturated carbocycles. The maximum atomic E-state index is 11.4. The molecule has 0 aromatic heterocycles. The molecule has 1 aromatic rings. The van der Waals surface area contributed by atoms with Crippen molar-refractivity contribution in [1.29, 1.82) is 0 Å². The van der Waals surface area contributed by atoms with Crippen molar-refractivity contribution in [1.82, 2.24) is 5.32 Å². The third-order valence-electron chi connectivity index (χ3n) is 2.48. The molecule has 6 nitrogen and oxygen atoms in total. The van der Waals surface area contributed by atoms with Gasteiger partial charge in [0.05, 0.1) is 10.6 Å². The smallest absolute Gasteiger partial charge is 0.238 e. The van der Waals surface area contributed by atoms with E-state index in [9.17, 15) is 13.2 Å². The van der Waals surface area contributed by atoms with E-state index in [1.807, 2.05) is 0 Å². The largest absolute Gasteiger partial charge is 0.355 e. The van der Waals surface area contributed by atoms with Crippen LogP contribution in [0.1, 0.15) is 5.56 Å². The van der Waals surface area contributed by atoms with Crippen LogP contribution in [0.15, 0.2) is 29.2 Å². The fraction of sp³-hybridized carbons (Fsp3) is 0.417. The molecule has 0 radical (unpaired) electrons. The summed E-state index contributed by atoms with van der Waals surface area (Å²) in [5, 5.41) is 7.80. The van der Waals surface area contributed by atoms with Crippen LogP contribution in [0.4, 0.5) is 0 Å². The molecule has 0 saturated heterocycles. The van der Waals surface area contributed by atoms with Gasteiger partial charge in [-0.1, -0.05) is 12.1 Å². The highest BCUT2D eigenvalue weighted by Gasteiger charge is 2.06. The summed E-state index contributed by atoms with van der Waals surface area (Å²) in [6, 6.07) is 6.30. The molecule has 0 fully saturated rings. The van der Waals surface area contributed by atoms with Crippen molar-refractivity contribution in [2.45, 2.75) is 11.3 Å². The lowest BCUT2D eigenvalue weighted by atomic mass is 10.1. The molecule has 0 aliphatic carbocycles. The SMILES string of the molecule is NCCSCC(=O)NCCc1ccc(S(N)(=O)=O)cc1. The molecule has 112 valence electrons. The molecule has 0 aliphatic heterocycles. The first-order valence-corrected chi connectivity index (χ1v) is 8.80. The van der Waals surface area contributed by atoms with Crippen LogP contribution in [-0.4, -0.2) is 38.9 Å². The van der Waals surface area contributed by atoms with E-state index >= 15 is 0 Å². The Bertz CT molecular complexity index is 529. The second kappa shape index (κ2) is 8.25. The van der Waals surface area contributed by atoms with Crippen LogP contribution in [0.3, 0.4) is 0 Å². The minimum Gasteiger partial charge on any atom is -0.355 e. The summed E-state index contributed by atoms with van der Waals surface area (Å²) in [7, 11) is -3.65. The summed E-state index contributed by atoms with van der Waals surface area (Å²) in [6.45, 7) is 1.07. The molecule has 5 N–H and O–H groups in total. The number of carbonyl (C=O) groups is 1.